The highest BCUT2D eigenvalue weighted by Crippen LogP contribution is 2.31. The SMILES string of the molecule is CCNC(=O)c1ccc(N)cc1NC1CCN2CCCC12. The molecule has 5 heteroatoms. The Labute approximate surface area is 125 Å². The summed E-state index contributed by atoms with van der Waals surface area (Å²) in [6.07, 6.45) is 3.66. The molecule has 1 aromatic rings. The Kier molecular flexibility index (Phi) is 4.01. The number of nitrogens with zero attached hydrogens (tertiary/aromatic N) is 1. The van der Waals surface area contributed by atoms with Gasteiger partial charge in [0, 0.05) is 36.5 Å². The monoisotopic (exact) mass is 288 g/mol. The highest BCUT2D eigenvalue weighted by molar-refractivity contribution is 6.00. The van der Waals surface area contributed by atoms with Crippen molar-refractivity contribution in [2.45, 2.75) is 38.3 Å². The zero-order valence-corrected chi connectivity index (χ0v) is 12.6. The average Bonchev–Trinajstić information content (AvgIpc) is 3.04. The van der Waals surface area contributed by atoms with Crippen molar-refractivity contribution in [1.82, 2.24) is 10.2 Å². The lowest BCUT2D eigenvalue weighted by atomic mass is 10.0. The molecule has 0 saturated carbocycles. The van der Waals surface area contributed by atoms with Crippen molar-refractivity contribution in [3.63, 3.8) is 0 Å². The molecule has 1 aromatic carbocycles. The molecular formula is C16H24N4O. The van der Waals surface area contributed by atoms with Crippen LogP contribution in [0.15, 0.2) is 18.2 Å². The first-order chi connectivity index (χ1) is 10.2. The Balaban J connectivity index is 1.80. The molecule has 0 radical (unpaired) electrons. The number of nitrogens with one attached hydrogen (secondary N) is 2. The minimum atomic E-state index is -0.0405. The second-order valence-electron chi connectivity index (χ2n) is 5.95. The molecule has 2 fully saturated rings. The molecule has 0 aliphatic carbocycles. The van der Waals surface area contributed by atoms with Gasteiger partial charge in [0.2, 0.25) is 0 Å². The fourth-order valence-corrected chi connectivity index (χ4v) is 3.59. The predicted octanol–water partition coefficient (Wildman–Crippen LogP) is 1.67. The lowest BCUT2D eigenvalue weighted by Gasteiger charge is -2.23. The summed E-state index contributed by atoms with van der Waals surface area (Å²) < 4.78 is 0. The summed E-state index contributed by atoms with van der Waals surface area (Å²) in [5.74, 6) is -0.0405. The average molecular weight is 288 g/mol. The number of anilines is 2. The Morgan fingerprint density at radius 1 is 1.38 bits per heavy atom. The van der Waals surface area contributed by atoms with Crippen molar-refractivity contribution in [3.05, 3.63) is 23.8 Å². The van der Waals surface area contributed by atoms with E-state index in [9.17, 15) is 4.79 Å². The van der Waals surface area contributed by atoms with Crippen LogP contribution in [0, 0.1) is 0 Å². The fraction of sp³-hybridized carbons (Fsp3) is 0.562. The summed E-state index contributed by atoms with van der Waals surface area (Å²) >= 11 is 0. The number of nitrogens with two attached hydrogens (primary N) is 1. The first-order valence-corrected chi connectivity index (χ1v) is 7.87. The summed E-state index contributed by atoms with van der Waals surface area (Å²) in [6.45, 7) is 4.92. The highest BCUT2D eigenvalue weighted by atomic mass is 16.1. The summed E-state index contributed by atoms with van der Waals surface area (Å²) in [5.41, 5.74) is 8.13. The molecule has 21 heavy (non-hydrogen) atoms. The zero-order chi connectivity index (χ0) is 14.8. The lowest BCUT2D eigenvalue weighted by Crippen LogP contribution is -2.34. The normalized spacial score (nSPS) is 24.8. The molecule has 3 rings (SSSR count). The van der Waals surface area contributed by atoms with Crippen molar-refractivity contribution in [1.29, 1.82) is 0 Å². The number of hydrogen-bond donors (Lipinski definition) is 3. The summed E-state index contributed by atoms with van der Waals surface area (Å²) in [5, 5.41) is 6.44. The van der Waals surface area contributed by atoms with Crippen molar-refractivity contribution >= 4 is 17.3 Å². The van der Waals surface area contributed by atoms with Crippen LogP contribution in [0.25, 0.3) is 0 Å². The van der Waals surface area contributed by atoms with Crippen LogP contribution in [-0.4, -0.2) is 42.5 Å². The van der Waals surface area contributed by atoms with Crippen LogP contribution < -0.4 is 16.4 Å². The van der Waals surface area contributed by atoms with Gasteiger partial charge in [-0.15, -0.1) is 0 Å². The maximum atomic E-state index is 12.2. The van der Waals surface area contributed by atoms with Crippen LogP contribution in [0.3, 0.4) is 0 Å². The van der Waals surface area contributed by atoms with Crippen molar-refractivity contribution in [2.75, 3.05) is 30.7 Å². The van der Waals surface area contributed by atoms with Gasteiger partial charge in [0.15, 0.2) is 0 Å². The van der Waals surface area contributed by atoms with Gasteiger partial charge in [0.05, 0.1) is 5.56 Å². The molecule has 2 atom stereocenters. The third-order valence-electron chi connectivity index (χ3n) is 4.57. The van der Waals surface area contributed by atoms with Crippen molar-refractivity contribution in [2.24, 2.45) is 0 Å². The number of amides is 1. The summed E-state index contributed by atoms with van der Waals surface area (Å²) in [7, 11) is 0. The zero-order valence-electron chi connectivity index (χ0n) is 12.6. The van der Waals surface area contributed by atoms with Crippen molar-refractivity contribution in [3.8, 4) is 0 Å². The van der Waals surface area contributed by atoms with E-state index >= 15 is 0 Å². The second kappa shape index (κ2) is 5.93. The van der Waals surface area contributed by atoms with Crippen LogP contribution >= 0.6 is 0 Å². The number of nitrogen functional groups attached to an aromatic ring is 1. The molecule has 2 unspecified atom stereocenters. The molecule has 2 saturated heterocycles. The van der Waals surface area contributed by atoms with Crippen LogP contribution in [0.4, 0.5) is 11.4 Å². The van der Waals surface area contributed by atoms with E-state index in [4.69, 9.17) is 5.73 Å². The number of hydrogen-bond acceptors (Lipinski definition) is 4. The van der Waals surface area contributed by atoms with Crippen LogP contribution in [0.2, 0.25) is 0 Å². The molecule has 2 aliphatic rings. The first kappa shape index (κ1) is 14.2. The third kappa shape index (κ3) is 2.83. The van der Waals surface area contributed by atoms with E-state index < -0.39 is 0 Å². The molecule has 2 heterocycles. The van der Waals surface area contributed by atoms with Gasteiger partial charge in [0.1, 0.15) is 0 Å². The largest absolute Gasteiger partial charge is 0.399 e. The third-order valence-corrected chi connectivity index (χ3v) is 4.57. The fourth-order valence-electron chi connectivity index (χ4n) is 3.59. The predicted molar refractivity (Wildman–Crippen MR) is 85.5 cm³/mol. The Morgan fingerprint density at radius 2 is 2.24 bits per heavy atom. The Morgan fingerprint density at radius 3 is 3.05 bits per heavy atom. The molecule has 114 valence electrons. The number of rotatable bonds is 4. The molecule has 5 nitrogen and oxygen atoms in total. The number of carbonyl (C=O) groups excluding carboxylic acids is 1. The maximum Gasteiger partial charge on any atom is 0.253 e. The smallest absolute Gasteiger partial charge is 0.253 e. The quantitative estimate of drug-likeness (QED) is 0.737. The van der Waals surface area contributed by atoms with E-state index in [1.165, 1.54) is 19.4 Å². The van der Waals surface area contributed by atoms with Gasteiger partial charge >= 0.3 is 0 Å². The molecule has 0 aromatic heterocycles. The van der Waals surface area contributed by atoms with Gasteiger partial charge in [-0.1, -0.05) is 0 Å². The van der Waals surface area contributed by atoms with Gasteiger partial charge in [-0.05, 0) is 50.9 Å². The van der Waals surface area contributed by atoms with Crippen molar-refractivity contribution < 1.29 is 4.79 Å². The number of carbonyl (C=O) groups is 1. The lowest BCUT2D eigenvalue weighted by molar-refractivity contribution is 0.0956. The van der Waals surface area contributed by atoms with Crippen LogP contribution in [0.5, 0.6) is 0 Å². The maximum absolute atomic E-state index is 12.2. The standard InChI is InChI=1S/C16H24N4O/c1-2-18-16(21)12-6-5-11(17)10-14(12)19-13-7-9-20-8-3-4-15(13)20/h5-6,10,13,15,19H,2-4,7-9,17H2,1H3,(H,18,21). The van der Waals surface area contributed by atoms with Crippen LogP contribution in [0.1, 0.15) is 36.5 Å². The van der Waals surface area contributed by atoms with E-state index in [0.717, 1.165) is 18.7 Å². The number of benzene rings is 1. The molecule has 0 bridgehead atoms. The van der Waals surface area contributed by atoms with E-state index in [0.29, 0.717) is 29.9 Å². The second-order valence-corrected chi connectivity index (χ2v) is 5.95. The first-order valence-electron chi connectivity index (χ1n) is 7.87. The molecule has 1 amide bonds. The topological polar surface area (TPSA) is 70.4 Å². The van der Waals surface area contributed by atoms with Gasteiger partial charge in [0.25, 0.3) is 5.91 Å². The van der Waals surface area contributed by atoms with Gasteiger partial charge in [-0.25, -0.2) is 0 Å². The van der Waals surface area contributed by atoms with E-state index in [1.54, 1.807) is 6.07 Å². The molecule has 2 aliphatic heterocycles. The Hall–Kier alpha value is -1.75. The van der Waals surface area contributed by atoms with E-state index in [1.807, 2.05) is 19.1 Å². The molecule has 4 N–H and O–H groups in total. The van der Waals surface area contributed by atoms with Crippen LogP contribution in [-0.2, 0) is 0 Å². The minimum absolute atomic E-state index is 0.0405. The van der Waals surface area contributed by atoms with Gasteiger partial charge < -0.3 is 16.4 Å². The molecular weight excluding hydrogens is 264 g/mol. The number of fused-ring (bicyclic) bond motifs is 1. The van der Waals surface area contributed by atoms with E-state index in [-0.39, 0.29) is 5.91 Å². The Bertz CT molecular complexity index is 531. The molecule has 0 spiro atoms. The van der Waals surface area contributed by atoms with E-state index in [2.05, 4.69) is 15.5 Å². The summed E-state index contributed by atoms with van der Waals surface area (Å²) in [4.78, 5) is 14.7. The minimum Gasteiger partial charge on any atom is -0.399 e. The van der Waals surface area contributed by atoms with Gasteiger partial charge in [-0.3, -0.25) is 9.69 Å². The highest BCUT2D eigenvalue weighted by Gasteiger charge is 2.37. The van der Waals surface area contributed by atoms with Gasteiger partial charge in [-0.2, -0.15) is 0 Å². The summed E-state index contributed by atoms with van der Waals surface area (Å²) in [6, 6.07) is 6.49.